The van der Waals surface area contributed by atoms with Crippen molar-refractivity contribution in [1.29, 1.82) is 0 Å². The fourth-order valence-electron chi connectivity index (χ4n) is 1.84. The second-order valence-corrected chi connectivity index (χ2v) is 5.10. The number of nitrogen functional groups attached to an aromatic ring is 1. The number of anilines is 2. The van der Waals surface area contributed by atoms with E-state index in [1.165, 1.54) is 6.07 Å². The van der Waals surface area contributed by atoms with Gasteiger partial charge in [0.05, 0.1) is 17.9 Å². The molecule has 3 N–H and O–H groups in total. The molecule has 4 nitrogen and oxygen atoms in total. The highest BCUT2D eigenvalue weighted by Crippen LogP contribution is 2.23. The Morgan fingerprint density at radius 3 is 2.75 bits per heavy atom. The summed E-state index contributed by atoms with van der Waals surface area (Å²) in [6.45, 7) is 6.90. The molecular formula is C15H23FN2O2. The Kier molecular flexibility index (Phi) is 6.28. The van der Waals surface area contributed by atoms with Gasteiger partial charge in [-0.25, -0.2) is 9.18 Å². The number of halogens is 1. The largest absolute Gasteiger partial charge is 0.462 e. The summed E-state index contributed by atoms with van der Waals surface area (Å²) in [6, 6.07) is 2.56. The SMILES string of the molecule is CCOC(=O)c1cc(NCCCC(C)C)c(F)cc1N. The molecule has 0 unspecified atom stereocenters. The van der Waals surface area contributed by atoms with E-state index in [4.69, 9.17) is 10.5 Å². The summed E-state index contributed by atoms with van der Waals surface area (Å²) in [5.74, 6) is -0.376. The van der Waals surface area contributed by atoms with Gasteiger partial charge in [-0.3, -0.25) is 0 Å². The zero-order valence-corrected chi connectivity index (χ0v) is 12.3. The van der Waals surface area contributed by atoms with Crippen LogP contribution in [0.15, 0.2) is 12.1 Å². The van der Waals surface area contributed by atoms with Crippen molar-refractivity contribution in [1.82, 2.24) is 0 Å². The second kappa shape index (κ2) is 7.72. The maximum absolute atomic E-state index is 13.8. The molecule has 112 valence electrons. The fraction of sp³-hybridized carbons (Fsp3) is 0.533. The van der Waals surface area contributed by atoms with Crippen molar-refractivity contribution in [3.05, 3.63) is 23.5 Å². The van der Waals surface area contributed by atoms with Crippen LogP contribution in [0.25, 0.3) is 0 Å². The van der Waals surface area contributed by atoms with E-state index in [1.807, 2.05) is 0 Å². The number of carbonyl (C=O) groups excluding carboxylic acids is 1. The second-order valence-electron chi connectivity index (χ2n) is 5.10. The molecule has 1 rings (SSSR count). The van der Waals surface area contributed by atoms with E-state index in [1.54, 1.807) is 6.92 Å². The standard InChI is InChI=1S/C15H23FN2O2/c1-4-20-15(19)11-8-14(12(16)9-13(11)17)18-7-5-6-10(2)3/h8-10,18H,4-7,17H2,1-3H3. The van der Waals surface area contributed by atoms with Crippen LogP contribution in [0.3, 0.4) is 0 Å². The predicted octanol–water partition coefficient (Wildman–Crippen LogP) is 3.43. The average Bonchev–Trinajstić information content (AvgIpc) is 2.36. The average molecular weight is 282 g/mol. The van der Waals surface area contributed by atoms with E-state index in [0.29, 0.717) is 12.5 Å². The van der Waals surface area contributed by atoms with Crippen LogP contribution < -0.4 is 11.1 Å². The number of nitrogens with one attached hydrogen (secondary N) is 1. The minimum Gasteiger partial charge on any atom is -0.462 e. The zero-order valence-electron chi connectivity index (χ0n) is 12.3. The van der Waals surface area contributed by atoms with Gasteiger partial charge >= 0.3 is 5.97 Å². The number of esters is 1. The first-order chi connectivity index (χ1) is 9.45. The smallest absolute Gasteiger partial charge is 0.340 e. The molecule has 0 radical (unpaired) electrons. The molecule has 0 fully saturated rings. The van der Waals surface area contributed by atoms with E-state index in [9.17, 15) is 9.18 Å². The number of hydrogen-bond acceptors (Lipinski definition) is 4. The first-order valence-electron chi connectivity index (χ1n) is 6.95. The van der Waals surface area contributed by atoms with E-state index < -0.39 is 11.8 Å². The molecule has 0 spiro atoms. The Bertz CT molecular complexity index is 461. The van der Waals surface area contributed by atoms with Crippen molar-refractivity contribution < 1.29 is 13.9 Å². The number of carbonyl (C=O) groups is 1. The highest BCUT2D eigenvalue weighted by Gasteiger charge is 2.15. The van der Waals surface area contributed by atoms with Crippen LogP contribution in [0, 0.1) is 11.7 Å². The van der Waals surface area contributed by atoms with Crippen molar-refractivity contribution in [2.75, 3.05) is 24.2 Å². The summed E-state index contributed by atoms with van der Waals surface area (Å²) in [5, 5.41) is 2.99. The van der Waals surface area contributed by atoms with Gasteiger partial charge in [0, 0.05) is 12.2 Å². The highest BCUT2D eigenvalue weighted by atomic mass is 19.1. The lowest BCUT2D eigenvalue weighted by Gasteiger charge is -2.12. The van der Waals surface area contributed by atoms with Gasteiger partial charge in [0.1, 0.15) is 5.82 Å². The molecule has 1 aromatic carbocycles. The molecule has 0 amide bonds. The van der Waals surface area contributed by atoms with E-state index in [2.05, 4.69) is 19.2 Å². The minimum absolute atomic E-state index is 0.0914. The monoisotopic (exact) mass is 282 g/mol. The number of nitrogens with two attached hydrogens (primary N) is 1. The molecule has 20 heavy (non-hydrogen) atoms. The van der Waals surface area contributed by atoms with Crippen LogP contribution in [0.4, 0.5) is 15.8 Å². The van der Waals surface area contributed by atoms with Crippen LogP contribution in [0.1, 0.15) is 44.0 Å². The van der Waals surface area contributed by atoms with Crippen molar-refractivity contribution in [2.24, 2.45) is 5.92 Å². The molecule has 5 heteroatoms. The van der Waals surface area contributed by atoms with Gasteiger partial charge in [-0.05, 0) is 37.8 Å². The summed E-state index contributed by atoms with van der Waals surface area (Å²) in [4.78, 5) is 11.7. The third-order valence-electron chi connectivity index (χ3n) is 2.91. The topological polar surface area (TPSA) is 64.3 Å². The quantitative estimate of drug-likeness (QED) is 0.457. The normalized spacial score (nSPS) is 10.7. The molecule has 0 aliphatic heterocycles. The minimum atomic E-state index is -0.532. The summed E-state index contributed by atoms with van der Waals surface area (Å²) in [6.07, 6.45) is 2.00. The molecule has 0 aliphatic rings. The van der Waals surface area contributed by atoms with Crippen LogP contribution in [0.5, 0.6) is 0 Å². The van der Waals surface area contributed by atoms with Gasteiger partial charge in [-0.1, -0.05) is 13.8 Å². The first kappa shape index (κ1) is 16.3. The fourth-order valence-corrected chi connectivity index (χ4v) is 1.84. The molecule has 0 atom stereocenters. The Morgan fingerprint density at radius 2 is 2.15 bits per heavy atom. The van der Waals surface area contributed by atoms with Crippen molar-refractivity contribution in [3.8, 4) is 0 Å². The Balaban J connectivity index is 2.75. The molecule has 0 aromatic heterocycles. The Morgan fingerprint density at radius 1 is 1.45 bits per heavy atom. The Labute approximate surface area is 119 Å². The number of ether oxygens (including phenoxy) is 1. The third kappa shape index (κ3) is 4.72. The first-order valence-corrected chi connectivity index (χ1v) is 6.95. The lowest BCUT2D eigenvalue weighted by molar-refractivity contribution is 0.0527. The maximum atomic E-state index is 13.8. The molecule has 1 aromatic rings. The summed E-state index contributed by atoms with van der Waals surface area (Å²) >= 11 is 0. The molecule has 0 aliphatic carbocycles. The van der Waals surface area contributed by atoms with Gasteiger partial charge in [0.15, 0.2) is 0 Å². The lowest BCUT2D eigenvalue weighted by Crippen LogP contribution is -2.11. The van der Waals surface area contributed by atoms with Crippen LogP contribution >= 0.6 is 0 Å². The van der Waals surface area contributed by atoms with Gasteiger partial charge in [-0.2, -0.15) is 0 Å². The van der Waals surface area contributed by atoms with Crippen LogP contribution in [-0.4, -0.2) is 19.1 Å². The molecule has 0 saturated carbocycles. The summed E-state index contributed by atoms with van der Waals surface area (Å²) in [5.41, 5.74) is 6.22. The maximum Gasteiger partial charge on any atom is 0.340 e. The predicted molar refractivity (Wildman–Crippen MR) is 79.3 cm³/mol. The van der Waals surface area contributed by atoms with Crippen LogP contribution in [-0.2, 0) is 4.74 Å². The molecule has 0 bridgehead atoms. The molecular weight excluding hydrogens is 259 g/mol. The lowest BCUT2D eigenvalue weighted by atomic mass is 10.1. The van der Waals surface area contributed by atoms with Crippen LogP contribution in [0.2, 0.25) is 0 Å². The number of hydrogen-bond donors (Lipinski definition) is 2. The van der Waals surface area contributed by atoms with Gasteiger partial charge < -0.3 is 15.8 Å². The van der Waals surface area contributed by atoms with Crippen molar-refractivity contribution in [3.63, 3.8) is 0 Å². The number of benzene rings is 1. The van der Waals surface area contributed by atoms with E-state index >= 15 is 0 Å². The Hall–Kier alpha value is -1.78. The van der Waals surface area contributed by atoms with Gasteiger partial charge in [0.25, 0.3) is 0 Å². The summed E-state index contributed by atoms with van der Waals surface area (Å²) in [7, 11) is 0. The molecule has 0 heterocycles. The highest BCUT2D eigenvalue weighted by molar-refractivity contribution is 5.96. The third-order valence-corrected chi connectivity index (χ3v) is 2.91. The van der Waals surface area contributed by atoms with Gasteiger partial charge in [0.2, 0.25) is 0 Å². The zero-order chi connectivity index (χ0) is 15.1. The summed E-state index contributed by atoms with van der Waals surface area (Å²) < 4.78 is 18.7. The van der Waals surface area contributed by atoms with Crippen molar-refractivity contribution >= 4 is 17.3 Å². The van der Waals surface area contributed by atoms with E-state index in [-0.39, 0.29) is 23.5 Å². The number of rotatable bonds is 7. The molecule has 0 saturated heterocycles. The van der Waals surface area contributed by atoms with Crippen molar-refractivity contribution in [2.45, 2.75) is 33.6 Å². The van der Waals surface area contributed by atoms with E-state index in [0.717, 1.165) is 18.9 Å². The van der Waals surface area contributed by atoms with Gasteiger partial charge in [-0.15, -0.1) is 0 Å².